The van der Waals surface area contributed by atoms with Crippen molar-refractivity contribution in [2.45, 2.75) is 93.2 Å². The summed E-state index contributed by atoms with van der Waals surface area (Å²) in [5.41, 5.74) is 5.59. The molecule has 2 aliphatic heterocycles. The van der Waals surface area contributed by atoms with Crippen LogP contribution >= 0.6 is 0 Å². The van der Waals surface area contributed by atoms with Crippen molar-refractivity contribution in [3.8, 4) is 11.1 Å². The van der Waals surface area contributed by atoms with Crippen molar-refractivity contribution in [1.29, 1.82) is 0 Å². The molecule has 2 saturated heterocycles. The molecule has 58 heavy (non-hydrogen) atoms. The van der Waals surface area contributed by atoms with Crippen LogP contribution in [0.2, 0.25) is 0 Å². The predicted molar refractivity (Wildman–Crippen MR) is 228 cm³/mol. The van der Waals surface area contributed by atoms with Gasteiger partial charge in [0.1, 0.15) is 5.82 Å². The second-order valence-electron chi connectivity index (χ2n) is 16.1. The Morgan fingerprint density at radius 2 is 1.64 bits per heavy atom. The highest BCUT2D eigenvalue weighted by Crippen LogP contribution is 2.39. The number of Topliss-reactive ketones (excluding diaryl/α,β-unsaturated/α-hetero) is 2. The van der Waals surface area contributed by atoms with E-state index in [1.165, 1.54) is 19.2 Å². The van der Waals surface area contributed by atoms with Crippen LogP contribution in [0.3, 0.4) is 0 Å². The number of hydrogen-bond donors (Lipinski definition) is 0. The molecule has 1 aromatic heterocycles. The Bertz CT molecular complexity index is 2020. The third-order valence-corrected chi connectivity index (χ3v) is 11.7. The maximum Gasteiger partial charge on any atom is 0.418 e. The molecule has 0 aliphatic carbocycles. The van der Waals surface area contributed by atoms with Crippen molar-refractivity contribution >= 4 is 22.8 Å². The van der Waals surface area contributed by atoms with Crippen LogP contribution in [0.15, 0.2) is 78.3 Å². The molecule has 3 heterocycles. The first kappa shape index (κ1) is 44.5. The number of ketones is 2. The number of unbranched alkanes of at least 4 members (excludes halogenated alkanes) is 1. The molecule has 0 unspecified atom stereocenters. The molecule has 10 heteroatoms. The van der Waals surface area contributed by atoms with Crippen LogP contribution in [0.5, 0.6) is 0 Å². The van der Waals surface area contributed by atoms with Crippen LogP contribution in [0.4, 0.5) is 23.2 Å². The highest BCUT2D eigenvalue weighted by atomic mass is 19.4. The number of anilines is 1. The lowest BCUT2D eigenvalue weighted by atomic mass is 9.91. The van der Waals surface area contributed by atoms with E-state index in [2.05, 4.69) is 14.8 Å². The minimum absolute atomic E-state index is 0.0258. The fourth-order valence-electron chi connectivity index (χ4n) is 8.29. The number of carbonyl (C=O) groups excluding carboxylic acids is 2. The normalized spacial score (nSPS) is 16.7. The van der Waals surface area contributed by atoms with Gasteiger partial charge in [0.15, 0.2) is 11.6 Å². The average molecular weight is 801 g/mol. The van der Waals surface area contributed by atoms with Crippen LogP contribution in [0.1, 0.15) is 111 Å². The van der Waals surface area contributed by atoms with Gasteiger partial charge in [-0.25, -0.2) is 4.39 Å². The number of pyridine rings is 1. The minimum atomic E-state index is -4.56. The molecule has 0 bridgehead atoms. The second kappa shape index (κ2) is 19.9. The molecule has 0 radical (unpaired) electrons. The van der Waals surface area contributed by atoms with Gasteiger partial charge in [-0.1, -0.05) is 64.5 Å². The van der Waals surface area contributed by atoms with Crippen LogP contribution in [0, 0.1) is 24.6 Å². The van der Waals surface area contributed by atoms with Crippen LogP contribution in [0.25, 0.3) is 16.7 Å². The molecule has 2 fully saturated rings. The average Bonchev–Trinajstić information content (AvgIpc) is 3.20. The molecule has 0 N–H and O–H groups in total. The van der Waals surface area contributed by atoms with Gasteiger partial charge in [-0.2, -0.15) is 13.2 Å². The number of carbonyl (C=O) groups is 2. The van der Waals surface area contributed by atoms with Crippen LogP contribution in [-0.2, 0) is 6.42 Å². The van der Waals surface area contributed by atoms with Crippen molar-refractivity contribution < 1.29 is 27.2 Å². The van der Waals surface area contributed by atoms with E-state index in [9.17, 15) is 14.0 Å². The van der Waals surface area contributed by atoms with Gasteiger partial charge in [0, 0.05) is 79.5 Å². The van der Waals surface area contributed by atoms with E-state index < -0.39 is 11.7 Å². The summed E-state index contributed by atoms with van der Waals surface area (Å²) in [4.78, 5) is 35.9. The minimum Gasteiger partial charge on any atom is -0.371 e. The summed E-state index contributed by atoms with van der Waals surface area (Å²) in [6.45, 7) is 18.2. The number of piperazine rings is 1. The fourth-order valence-corrected chi connectivity index (χ4v) is 8.29. The molecule has 0 saturated carbocycles. The van der Waals surface area contributed by atoms with E-state index in [0.717, 1.165) is 75.2 Å². The number of hydrogen-bond acceptors (Lipinski definition) is 6. The van der Waals surface area contributed by atoms with Crippen LogP contribution < -0.4 is 4.90 Å². The van der Waals surface area contributed by atoms with Crippen molar-refractivity contribution in [2.24, 2.45) is 11.8 Å². The third kappa shape index (κ3) is 10.7. The number of benzene rings is 2. The van der Waals surface area contributed by atoms with Crippen molar-refractivity contribution in [3.63, 3.8) is 0 Å². The van der Waals surface area contributed by atoms with Gasteiger partial charge in [0.25, 0.3) is 0 Å². The monoisotopic (exact) mass is 800 g/mol. The topological polar surface area (TPSA) is 56.8 Å². The number of rotatable bonds is 15. The summed E-state index contributed by atoms with van der Waals surface area (Å²) in [7, 11) is 0. The van der Waals surface area contributed by atoms with E-state index >= 15 is 13.2 Å². The lowest BCUT2D eigenvalue weighted by molar-refractivity contribution is -0.0917. The molecule has 2 aliphatic rings. The van der Waals surface area contributed by atoms with E-state index in [1.54, 1.807) is 31.3 Å². The first-order chi connectivity index (χ1) is 27.7. The smallest absolute Gasteiger partial charge is 0.371 e. The first-order valence-electron chi connectivity index (χ1n) is 21.0. The Morgan fingerprint density at radius 1 is 0.931 bits per heavy atom. The van der Waals surface area contributed by atoms with Crippen molar-refractivity contribution in [1.82, 2.24) is 14.8 Å². The predicted octanol–water partition coefficient (Wildman–Crippen LogP) is 11.3. The van der Waals surface area contributed by atoms with Gasteiger partial charge >= 0.3 is 6.18 Å². The quantitative estimate of drug-likeness (QED) is 0.0867. The summed E-state index contributed by atoms with van der Waals surface area (Å²) < 4.78 is 59.8. The molecule has 2 aromatic carbocycles. The summed E-state index contributed by atoms with van der Waals surface area (Å²) in [5, 5.41) is 0. The largest absolute Gasteiger partial charge is 0.418 e. The number of halogens is 4. The first-order valence-corrected chi connectivity index (χ1v) is 21.0. The van der Waals surface area contributed by atoms with Gasteiger partial charge in [-0.3, -0.25) is 19.5 Å². The Balaban J connectivity index is 1.23. The molecule has 312 valence electrons. The van der Waals surface area contributed by atoms with Crippen molar-refractivity contribution in [3.05, 3.63) is 112 Å². The molecule has 0 spiro atoms. The zero-order valence-corrected chi connectivity index (χ0v) is 35.3. The molecule has 6 nitrogen and oxygen atoms in total. The highest BCUT2D eigenvalue weighted by Gasteiger charge is 2.39. The second-order valence-corrected chi connectivity index (χ2v) is 16.1. The number of aryl methyl sites for hydroxylation is 1. The molecular weight excluding hydrogens is 741 g/mol. The number of piperidine rings is 1. The highest BCUT2D eigenvalue weighted by molar-refractivity contribution is 6.09. The zero-order chi connectivity index (χ0) is 42.1. The van der Waals surface area contributed by atoms with Crippen molar-refractivity contribution in [2.75, 3.05) is 50.7 Å². The van der Waals surface area contributed by atoms with Crippen LogP contribution in [-0.4, -0.2) is 78.3 Å². The summed E-state index contributed by atoms with van der Waals surface area (Å²) in [6.07, 6.45) is 7.50. The van der Waals surface area contributed by atoms with E-state index in [1.807, 2.05) is 69.9 Å². The van der Waals surface area contributed by atoms with E-state index in [4.69, 9.17) is 0 Å². The summed E-state index contributed by atoms with van der Waals surface area (Å²) in [5.74, 6) is -0.278. The number of likely N-dealkylation sites (tertiary alicyclic amines) is 1. The molecule has 5 rings (SSSR count). The Labute approximate surface area is 342 Å². The molecule has 3 aromatic rings. The van der Waals surface area contributed by atoms with E-state index in [0.29, 0.717) is 65.2 Å². The van der Waals surface area contributed by atoms with Gasteiger partial charge in [0.2, 0.25) is 0 Å². The van der Waals surface area contributed by atoms with Gasteiger partial charge in [0.05, 0.1) is 11.8 Å². The lowest BCUT2D eigenvalue weighted by Crippen LogP contribution is -2.47. The maximum atomic E-state index is 15.1. The van der Waals surface area contributed by atoms with Gasteiger partial charge in [-0.15, -0.1) is 0 Å². The zero-order valence-electron chi connectivity index (χ0n) is 35.3. The Morgan fingerprint density at radius 3 is 2.22 bits per heavy atom. The Kier molecular flexibility index (Phi) is 15.3. The number of aromatic nitrogens is 1. The number of nitrogens with zero attached hydrogens (tertiary/aromatic N) is 4. The number of allylic oxidation sites excluding steroid dienone is 5. The summed E-state index contributed by atoms with van der Waals surface area (Å²) >= 11 is 0. The van der Waals surface area contributed by atoms with E-state index in [-0.39, 0.29) is 29.0 Å². The molecule has 0 amide bonds. The molecule has 0 atom stereocenters. The number of alkyl halides is 3. The fraction of sp³-hybridized carbons (Fsp3) is 0.479. The lowest BCUT2D eigenvalue weighted by Gasteiger charge is -2.39. The van der Waals surface area contributed by atoms with Gasteiger partial charge < -0.3 is 9.80 Å². The summed E-state index contributed by atoms with van der Waals surface area (Å²) in [6, 6.07) is 11.1. The standard InChI is InChI=1S/C48H60F4N4O2/c1-8-11-12-46(44(48(50,51)52)28-36(9-2)37-13-15-40(33(6)27-37)43-30-53-31-45(49)39(43)10-3)56-21-18-35(19-22-56)17-20-54-23-25-55(26-24-54)38-14-16-41(34(7)57)42(29-38)47(58)32(4)5/h9,12-16,27-32,35H,8,10-11,17-26H2,1-7H3/b36-9+,44-28+,46-12-. The van der Waals surface area contributed by atoms with Gasteiger partial charge in [-0.05, 0) is 117 Å². The maximum absolute atomic E-state index is 15.1. The SMILES string of the molecule is C\C=C(/C=C(\C(=C\CCC)N1CCC(CCN2CCN(c3ccc(C(C)=O)c(C(=O)C(C)C)c3)CC2)CC1)C(F)(F)F)c1ccc(-c2cncc(F)c2CC)c(C)c1. The Hall–Kier alpha value is -4.57. The third-order valence-electron chi connectivity index (χ3n) is 11.7. The molecular formula is C48H60F4N4O2.